The zero-order valence-electron chi connectivity index (χ0n) is 11.9. The second kappa shape index (κ2) is 7.25. The summed E-state index contributed by atoms with van der Waals surface area (Å²) in [5.41, 5.74) is 2.02. The number of carbonyl (C=O) groups excluding carboxylic acids is 1. The molecule has 1 aromatic carbocycles. The summed E-state index contributed by atoms with van der Waals surface area (Å²) in [5.74, 6) is 0. The second-order valence-corrected chi connectivity index (χ2v) is 6.48. The Labute approximate surface area is 119 Å². The zero-order chi connectivity index (χ0) is 15.2. The summed E-state index contributed by atoms with van der Waals surface area (Å²) in [6.07, 6.45) is 0.577. The van der Waals surface area contributed by atoms with E-state index in [4.69, 9.17) is 0 Å². The lowest BCUT2D eigenvalue weighted by atomic mass is 10.1. The predicted molar refractivity (Wildman–Crippen MR) is 76.8 cm³/mol. The summed E-state index contributed by atoms with van der Waals surface area (Å²) in [6, 6.07) is 7.65. The van der Waals surface area contributed by atoms with E-state index in [0.29, 0.717) is 0 Å². The Morgan fingerprint density at radius 2 is 1.90 bits per heavy atom. The molecule has 6 nitrogen and oxygen atoms in total. The second-order valence-electron chi connectivity index (χ2n) is 4.50. The minimum Gasteiger partial charge on any atom is -0.453 e. The number of rotatable bonds is 6. The van der Waals surface area contributed by atoms with Crippen molar-refractivity contribution in [3.63, 3.8) is 0 Å². The molecule has 1 N–H and O–H groups in total. The molecule has 0 unspecified atom stereocenters. The minimum absolute atomic E-state index is 0.196. The van der Waals surface area contributed by atoms with Gasteiger partial charge in [-0.15, -0.1) is 0 Å². The number of nitrogens with one attached hydrogen (secondary N) is 1. The normalized spacial score (nSPS) is 11.4. The Balaban J connectivity index is 2.66. The van der Waals surface area contributed by atoms with Gasteiger partial charge in [0.2, 0.25) is 10.0 Å². The van der Waals surface area contributed by atoms with Crippen LogP contribution in [0.15, 0.2) is 24.3 Å². The molecule has 0 atom stereocenters. The highest BCUT2D eigenvalue weighted by Gasteiger charge is 2.17. The van der Waals surface area contributed by atoms with Gasteiger partial charge in [-0.3, -0.25) is 0 Å². The lowest BCUT2D eigenvalue weighted by molar-refractivity contribution is 0.170. The van der Waals surface area contributed by atoms with Crippen LogP contribution >= 0.6 is 0 Å². The predicted octanol–water partition coefficient (Wildman–Crippen LogP) is 1.11. The van der Waals surface area contributed by atoms with Crippen molar-refractivity contribution < 1.29 is 17.9 Å². The van der Waals surface area contributed by atoms with Gasteiger partial charge in [0, 0.05) is 19.6 Å². The van der Waals surface area contributed by atoms with Crippen LogP contribution in [0.4, 0.5) is 4.79 Å². The number of hydrogen-bond donors (Lipinski definition) is 1. The van der Waals surface area contributed by atoms with Crippen LogP contribution in [0.25, 0.3) is 0 Å². The van der Waals surface area contributed by atoms with E-state index in [-0.39, 0.29) is 19.6 Å². The number of sulfonamides is 1. The van der Waals surface area contributed by atoms with Crippen LogP contribution < -0.4 is 5.32 Å². The summed E-state index contributed by atoms with van der Waals surface area (Å²) in [7, 11) is -2.08. The van der Waals surface area contributed by atoms with Crippen LogP contribution in [0.2, 0.25) is 0 Å². The highest BCUT2D eigenvalue weighted by atomic mass is 32.2. The van der Waals surface area contributed by atoms with Crippen LogP contribution in [-0.2, 0) is 21.3 Å². The maximum atomic E-state index is 11.7. The van der Waals surface area contributed by atoms with Gasteiger partial charge >= 0.3 is 6.09 Å². The lowest BCUT2D eigenvalue weighted by Gasteiger charge is -2.20. The van der Waals surface area contributed by atoms with E-state index in [0.717, 1.165) is 17.4 Å². The SMILES string of the molecule is COC(=O)NCCN(Cc1ccc(C)cc1)S(C)(=O)=O. The largest absolute Gasteiger partial charge is 0.453 e. The fourth-order valence-electron chi connectivity index (χ4n) is 1.61. The summed E-state index contributed by atoms with van der Waals surface area (Å²) in [6.45, 7) is 2.65. The first-order valence-corrected chi connectivity index (χ1v) is 8.00. The number of methoxy groups -OCH3 is 1. The van der Waals surface area contributed by atoms with E-state index < -0.39 is 16.1 Å². The Morgan fingerprint density at radius 3 is 2.40 bits per heavy atom. The van der Waals surface area contributed by atoms with E-state index in [1.54, 1.807) is 0 Å². The van der Waals surface area contributed by atoms with Crippen molar-refractivity contribution in [2.24, 2.45) is 0 Å². The number of benzene rings is 1. The summed E-state index contributed by atoms with van der Waals surface area (Å²) in [5, 5.41) is 2.46. The van der Waals surface area contributed by atoms with Crippen LogP contribution in [-0.4, -0.2) is 45.3 Å². The number of ether oxygens (including phenoxy) is 1. The smallest absolute Gasteiger partial charge is 0.406 e. The van der Waals surface area contributed by atoms with Gasteiger partial charge in [-0.1, -0.05) is 29.8 Å². The van der Waals surface area contributed by atoms with Gasteiger partial charge in [0.15, 0.2) is 0 Å². The molecule has 0 spiro atoms. The number of aryl methyl sites for hydroxylation is 1. The summed E-state index contributed by atoms with van der Waals surface area (Å²) in [4.78, 5) is 10.9. The highest BCUT2D eigenvalue weighted by molar-refractivity contribution is 7.88. The first-order valence-electron chi connectivity index (χ1n) is 6.15. The van der Waals surface area contributed by atoms with Gasteiger partial charge in [-0.2, -0.15) is 4.31 Å². The molecule has 0 bridgehead atoms. The molecule has 0 saturated carbocycles. The van der Waals surface area contributed by atoms with Crippen molar-refractivity contribution >= 4 is 16.1 Å². The molecule has 1 aromatic rings. The maximum Gasteiger partial charge on any atom is 0.406 e. The first-order chi connectivity index (χ1) is 9.32. The lowest BCUT2D eigenvalue weighted by Crippen LogP contribution is -2.37. The van der Waals surface area contributed by atoms with Crippen LogP contribution in [0.3, 0.4) is 0 Å². The minimum atomic E-state index is -3.34. The molecule has 1 amide bonds. The third-order valence-electron chi connectivity index (χ3n) is 2.76. The third-order valence-corrected chi connectivity index (χ3v) is 4.01. The fraction of sp³-hybridized carbons (Fsp3) is 0.462. The molecule has 0 aliphatic carbocycles. The monoisotopic (exact) mass is 300 g/mol. The van der Waals surface area contributed by atoms with E-state index in [1.165, 1.54) is 11.4 Å². The molecule has 112 valence electrons. The van der Waals surface area contributed by atoms with E-state index in [2.05, 4.69) is 10.1 Å². The molecule has 0 radical (unpaired) electrons. The molecule has 0 saturated heterocycles. The van der Waals surface area contributed by atoms with E-state index in [9.17, 15) is 13.2 Å². The van der Waals surface area contributed by atoms with Gasteiger partial charge in [-0.05, 0) is 12.5 Å². The standard InChI is InChI=1S/C13H20N2O4S/c1-11-4-6-12(7-5-11)10-15(20(3,17)18)9-8-14-13(16)19-2/h4-7H,8-10H2,1-3H3,(H,14,16). The molecule has 7 heteroatoms. The molecule has 0 aromatic heterocycles. The van der Waals surface area contributed by atoms with Crippen molar-refractivity contribution in [2.75, 3.05) is 26.5 Å². The summed E-state index contributed by atoms with van der Waals surface area (Å²) < 4.78 is 29.2. The molecule has 0 aliphatic heterocycles. The van der Waals surface area contributed by atoms with Crippen LogP contribution in [0.5, 0.6) is 0 Å². The van der Waals surface area contributed by atoms with Gasteiger partial charge in [0.1, 0.15) is 0 Å². The zero-order valence-corrected chi connectivity index (χ0v) is 12.7. The highest BCUT2D eigenvalue weighted by Crippen LogP contribution is 2.09. The summed E-state index contributed by atoms with van der Waals surface area (Å²) >= 11 is 0. The van der Waals surface area contributed by atoms with Crippen molar-refractivity contribution in [3.05, 3.63) is 35.4 Å². The Bertz CT molecular complexity index is 540. The molecule has 1 rings (SSSR count). The average molecular weight is 300 g/mol. The van der Waals surface area contributed by atoms with Crippen molar-refractivity contribution in [2.45, 2.75) is 13.5 Å². The molecular formula is C13H20N2O4S. The quantitative estimate of drug-likeness (QED) is 0.854. The third kappa shape index (κ3) is 5.58. The van der Waals surface area contributed by atoms with Gasteiger partial charge in [0.05, 0.1) is 13.4 Å². The van der Waals surface area contributed by atoms with Crippen LogP contribution in [0, 0.1) is 6.92 Å². The molecule has 0 fully saturated rings. The van der Waals surface area contributed by atoms with Gasteiger partial charge in [0.25, 0.3) is 0 Å². The van der Waals surface area contributed by atoms with Crippen molar-refractivity contribution in [3.8, 4) is 0 Å². The Kier molecular flexibility index (Phi) is 5.97. The van der Waals surface area contributed by atoms with E-state index >= 15 is 0 Å². The first kappa shape index (κ1) is 16.5. The number of hydrogen-bond acceptors (Lipinski definition) is 4. The van der Waals surface area contributed by atoms with Gasteiger partial charge < -0.3 is 10.1 Å². The van der Waals surface area contributed by atoms with E-state index in [1.807, 2.05) is 31.2 Å². The fourth-order valence-corrected chi connectivity index (χ4v) is 2.42. The number of carbonyl (C=O) groups is 1. The number of amides is 1. The Hall–Kier alpha value is -1.60. The molecule has 0 heterocycles. The molecular weight excluding hydrogens is 280 g/mol. The van der Waals surface area contributed by atoms with Gasteiger partial charge in [-0.25, -0.2) is 13.2 Å². The molecule has 20 heavy (non-hydrogen) atoms. The number of nitrogens with zero attached hydrogens (tertiary/aromatic N) is 1. The van der Waals surface area contributed by atoms with Crippen LogP contribution in [0.1, 0.15) is 11.1 Å². The maximum absolute atomic E-state index is 11.7. The van der Waals surface area contributed by atoms with Crippen molar-refractivity contribution in [1.82, 2.24) is 9.62 Å². The average Bonchev–Trinajstić information content (AvgIpc) is 2.38. The molecule has 0 aliphatic rings. The Morgan fingerprint density at radius 1 is 1.30 bits per heavy atom. The van der Waals surface area contributed by atoms with Crippen molar-refractivity contribution in [1.29, 1.82) is 0 Å². The number of alkyl carbamates (subject to hydrolysis) is 1. The topological polar surface area (TPSA) is 75.7 Å².